The highest BCUT2D eigenvalue weighted by molar-refractivity contribution is 5.93. The third kappa shape index (κ3) is 2.66. The number of ether oxygens (including phenoxy) is 2. The number of hydrogen-bond donors (Lipinski definition) is 1. The molecule has 0 bridgehead atoms. The number of rotatable bonds is 2. The van der Waals surface area contributed by atoms with Crippen LogP contribution in [0.1, 0.15) is 31.2 Å². The van der Waals surface area contributed by atoms with Crippen LogP contribution in [-0.4, -0.2) is 42.5 Å². The van der Waals surface area contributed by atoms with Gasteiger partial charge in [0, 0.05) is 12.5 Å². The van der Waals surface area contributed by atoms with E-state index in [4.69, 9.17) is 9.47 Å². The number of carboxylic acids is 1. The van der Waals surface area contributed by atoms with Crippen molar-refractivity contribution in [3.8, 4) is 0 Å². The van der Waals surface area contributed by atoms with Crippen LogP contribution >= 0.6 is 0 Å². The molecule has 2 aliphatic rings. The zero-order valence-corrected chi connectivity index (χ0v) is 12.4. The number of nitrogens with zero attached hydrogens (tertiary/aromatic N) is 1. The zero-order chi connectivity index (χ0) is 15.7. The number of benzene rings is 1. The molecule has 0 aliphatic carbocycles. The highest BCUT2D eigenvalue weighted by Gasteiger charge is 2.38. The molecule has 2 aliphatic heterocycles. The molecule has 1 fully saturated rings. The number of aliphatic carboxylic acids is 1. The molecule has 0 saturated carbocycles. The Labute approximate surface area is 128 Å². The minimum absolute atomic E-state index is 0.218. The van der Waals surface area contributed by atoms with Crippen molar-refractivity contribution in [3.63, 3.8) is 0 Å². The van der Waals surface area contributed by atoms with Gasteiger partial charge in [-0.2, -0.15) is 0 Å². The van der Waals surface area contributed by atoms with Crippen LogP contribution in [0.25, 0.3) is 0 Å². The Bertz CT molecular complexity index is 582. The van der Waals surface area contributed by atoms with Crippen molar-refractivity contribution in [2.45, 2.75) is 37.8 Å². The second-order valence-corrected chi connectivity index (χ2v) is 5.77. The molecule has 1 amide bonds. The summed E-state index contributed by atoms with van der Waals surface area (Å²) in [5.74, 6) is -1.46. The van der Waals surface area contributed by atoms with Crippen LogP contribution in [0.15, 0.2) is 24.3 Å². The van der Waals surface area contributed by atoms with Gasteiger partial charge in [-0.3, -0.25) is 9.69 Å². The van der Waals surface area contributed by atoms with Gasteiger partial charge in [-0.25, -0.2) is 4.79 Å². The number of carboxylic acid groups (broad SMARTS) is 1. The number of carbonyl (C=O) groups is 2. The first-order valence-electron chi connectivity index (χ1n) is 7.47. The fourth-order valence-corrected chi connectivity index (χ4v) is 3.13. The molecule has 1 unspecified atom stereocenters. The molecule has 1 aromatic rings. The van der Waals surface area contributed by atoms with Crippen molar-refractivity contribution in [1.29, 1.82) is 0 Å². The van der Waals surface area contributed by atoms with Crippen LogP contribution in [0.5, 0.6) is 0 Å². The molecule has 1 saturated heterocycles. The highest BCUT2D eigenvalue weighted by Crippen LogP contribution is 2.39. The summed E-state index contributed by atoms with van der Waals surface area (Å²) in [5, 5.41) is 9.41. The van der Waals surface area contributed by atoms with Crippen molar-refractivity contribution in [2.24, 2.45) is 0 Å². The zero-order valence-electron chi connectivity index (χ0n) is 12.4. The molecule has 3 atom stereocenters. The van der Waals surface area contributed by atoms with Crippen LogP contribution in [0.4, 0.5) is 10.5 Å². The van der Waals surface area contributed by atoms with E-state index in [1.165, 1.54) is 0 Å². The molecule has 1 aromatic carbocycles. The van der Waals surface area contributed by atoms with Gasteiger partial charge < -0.3 is 14.6 Å². The number of carbonyl (C=O) groups excluding carboxylic acids is 1. The summed E-state index contributed by atoms with van der Waals surface area (Å²) in [7, 11) is 0. The summed E-state index contributed by atoms with van der Waals surface area (Å²) in [6.07, 6.45) is 0.430. The molecule has 0 aromatic heterocycles. The molecular formula is C16H19NO5. The lowest BCUT2D eigenvalue weighted by Gasteiger charge is -2.37. The third-order valence-electron chi connectivity index (χ3n) is 4.24. The molecule has 3 rings (SSSR count). The normalized spacial score (nSPS) is 27.3. The molecule has 1 N–H and O–H groups in total. The first-order valence-corrected chi connectivity index (χ1v) is 7.47. The number of anilines is 1. The predicted octanol–water partition coefficient (Wildman–Crippen LogP) is 2.38. The van der Waals surface area contributed by atoms with Crippen molar-refractivity contribution in [2.75, 3.05) is 18.1 Å². The number of para-hydroxylation sites is 1. The van der Waals surface area contributed by atoms with E-state index in [2.05, 4.69) is 0 Å². The summed E-state index contributed by atoms with van der Waals surface area (Å²) in [4.78, 5) is 25.5. The van der Waals surface area contributed by atoms with Gasteiger partial charge in [0.2, 0.25) is 0 Å². The highest BCUT2D eigenvalue weighted by atomic mass is 16.6. The maximum absolute atomic E-state index is 12.5. The average Bonchev–Trinajstić information content (AvgIpc) is 2.98. The van der Waals surface area contributed by atoms with E-state index in [0.29, 0.717) is 37.3 Å². The van der Waals surface area contributed by atoms with E-state index in [0.717, 1.165) is 0 Å². The summed E-state index contributed by atoms with van der Waals surface area (Å²) in [6.45, 7) is 2.87. The largest absolute Gasteiger partial charge is 0.481 e. The maximum Gasteiger partial charge on any atom is 0.414 e. The first kappa shape index (κ1) is 14.8. The van der Waals surface area contributed by atoms with Crippen molar-refractivity contribution < 1.29 is 24.2 Å². The lowest BCUT2D eigenvalue weighted by molar-refractivity contribution is -0.139. The molecular weight excluding hydrogens is 286 g/mol. The summed E-state index contributed by atoms with van der Waals surface area (Å²) in [6, 6.07) is 6.89. The Morgan fingerprint density at radius 2 is 2.14 bits per heavy atom. The molecule has 0 radical (unpaired) electrons. The van der Waals surface area contributed by atoms with Gasteiger partial charge in [-0.05, 0) is 25.0 Å². The lowest BCUT2D eigenvalue weighted by atomic mass is 9.86. The first-order chi connectivity index (χ1) is 10.6. The number of amides is 1. The smallest absolute Gasteiger partial charge is 0.414 e. The second kappa shape index (κ2) is 5.96. The standard InChI is InChI=1S/C16H19NO5/c1-10-8-13(15(18)19)12-4-2-3-5-14(12)17(10)16(20)22-11-6-7-21-9-11/h2-5,10-11,13H,6-9H2,1H3,(H,18,19)/t10-,11?,13+/m1/s1. The fourth-order valence-electron chi connectivity index (χ4n) is 3.13. The van der Waals surface area contributed by atoms with Gasteiger partial charge in [0.15, 0.2) is 0 Å². The van der Waals surface area contributed by atoms with Crippen LogP contribution in [-0.2, 0) is 14.3 Å². The number of hydrogen-bond acceptors (Lipinski definition) is 4. The number of fused-ring (bicyclic) bond motifs is 1. The van der Waals surface area contributed by atoms with Gasteiger partial charge in [-0.1, -0.05) is 18.2 Å². The fraction of sp³-hybridized carbons (Fsp3) is 0.500. The Morgan fingerprint density at radius 1 is 1.36 bits per heavy atom. The van der Waals surface area contributed by atoms with Gasteiger partial charge in [0.1, 0.15) is 6.10 Å². The molecule has 22 heavy (non-hydrogen) atoms. The topological polar surface area (TPSA) is 76.1 Å². The minimum atomic E-state index is -0.864. The third-order valence-corrected chi connectivity index (χ3v) is 4.24. The Morgan fingerprint density at radius 3 is 2.82 bits per heavy atom. The molecule has 118 valence electrons. The van der Waals surface area contributed by atoms with E-state index in [1.807, 2.05) is 6.92 Å². The lowest BCUT2D eigenvalue weighted by Crippen LogP contribution is -2.45. The molecule has 2 heterocycles. The Kier molecular flexibility index (Phi) is 4.02. The van der Waals surface area contributed by atoms with E-state index < -0.39 is 18.0 Å². The summed E-state index contributed by atoms with van der Waals surface area (Å²) >= 11 is 0. The monoisotopic (exact) mass is 305 g/mol. The summed E-state index contributed by atoms with van der Waals surface area (Å²) < 4.78 is 10.7. The summed E-state index contributed by atoms with van der Waals surface area (Å²) in [5.41, 5.74) is 1.28. The van der Waals surface area contributed by atoms with E-state index in [9.17, 15) is 14.7 Å². The van der Waals surface area contributed by atoms with Crippen molar-refractivity contribution in [1.82, 2.24) is 0 Å². The quantitative estimate of drug-likeness (QED) is 0.908. The molecule has 0 spiro atoms. The Hall–Kier alpha value is -2.08. The van der Waals surface area contributed by atoms with Crippen LogP contribution in [0, 0.1) is 0 Å². The van der Waals surface area contributed by atoms with Crippen LogP contribution in [0.2, 0.25) is 0 Å². The van der Waals surface area contributed by atoms with Gasteiger partial charge in [0.05, 0.1) is 24.8 Å². The molecule has 6 heteroatoms. The Balaban J connectivity index is 1.88. The van der Waals surface area contributed by atoms with Gasteiger partial charge >= 0.3 is 12.1 Å². The van der Waals surface area contributed by atoms with Gasteiger partial charge in [-0.15, -0.1) is 0 Å². The second-order valence-electron chi connectivity index (χ2n) is 5.77. The van der Waals surface area contributed by atoms with Crippen molar-refractivity contribution >= 4 is 17.7 Å². The van der Waals surface area contributed by atoms with E-state index >= 15 is 0 Å². The molecule has 6 nitrogen and oxygen atoms in total. The van der Waals surface area contributed by atoms with E-state index in [-0.39, 0.29) is 12.1 Å². The predicted molar refractivity (Wildman–Crippen MR) is 79.1 cm³/mol. The van der Waals surface area contributed by atoms with Crippen LogP contribution < -0.4 is 4.90 Å². The SMILES string of the molecule is C[C@@H]1C[C@H](C(=O)O)c2ccccc2N1C(=O)OC1CCOC1. The maximum atomic E-state index is 12.5. The van der Waals surface area contributed by atoms with Gasteiger partial charge in [0.25, 0.3) is 0 Å². The minimum Gasteiger partial charge on any atom is -0.481 e. The van der Waals surface area contributed by atoms with Crippen molar-refractivity contribution in [3.05, 3.63) is 29.8 Å². The average molecular weight is 305 g/mol. The van der Waals surface area contributed by atoms with Crippen LogP contribution in [0.3, 0.4) is 0 Å². The van der Waals surface area contributed by atoms with E-state index in [1.54, 1.807) is 29.2 Å².